The predicted molar refractivity (Wildman–Crippen MR) is 206 cm³/mol. The number of nitrogens with one attached hydrogen (secondary N) is 1. The number of carbonyl (C=O) groups excluding carboxylic acids is 1. The van der Waals surface area contributed by atoms with Gasteiger partial charge in [0.2, 0.25) is 0 Å². The Hall–Kier alpha value is -3.77. The molecule has 0 radical (unpaired) electrons. The first-order chi connectivity index (χ1) is 25.2. The first-order valence-corrected chi connectivity index (χ1v) is 19.7. The average molecular weight is 721 g/mol. The summed E-state index contributed by atoms with van der Waals surface area (Å²) in [6.45, 7) is 10.5. The van der Waals surface area contributed by atoms with Crippen molar-refractivity contribution in [2.24, 2.45) is 46.3 Å². The molecule has 4 fully saturated rings. The largest absolute Gasteiger partial charge is 0.481 e. The van der Waals surface area contributed by atoms with Crippen molar-refractivity contribution in [2.75, 3.05) is 5.32 Å². The van der Waals surface area contributed by atoms with Crippen molar-refractivity contribution in [1.82, 2.24) is 4.98 Å². The van der Waals surface area contributed by atoms with E-state index >= 15 is 0 Å². The number of para-hydroxylation sites is 1. The first kappa shape index (κ1) is 37.5. The van der Waals surface area contributed by atoms with Crippen LogP contribution in [-0.2, 0) is 11.3 Å². The molecule has 1 heterocycles. The van der Waals surface area contributed by atoms with Gasteiger partial charge >= 0.3 is 5.97 Å². The lowest BCUT2D eigenvalue weighted by Gasteiger charge is -2.64. The van der Waals surface area contributed by atoms with Crippen LogP contribution in [0.4, 0.5) is 5.69 Å². The number of hydrogen-bond acceptors (Lipinski definition) is 7. The number of carboxylic acids is 1. The monoisotopic (exact) mass is 720 g/mol. The molecule has 0 saturated heterocycles. The summed E-state index contributed by atoms with van der Waals surface area (Å²) in [5.74, 6) is 6.72. The van der Waals surface area contributed by atoms with E-state index in [4.69, 9.17) is 0 Å². The van der Waals surface area contributed by atoms with Gasteiger partial charge in [-0.25, -0.2) is 0 Å². The maximum absolute atomic E-state index is 12.7. The maximum atomic E-state index is 12.7. The number of rotatable bonds is 8. The molecule has 5 N–H and O–H groups in total. The highest BCUT2D eigenvalue weighted by Gasteiger charge is 2.66. The van der Waals surface area contributed by atoms with Gasteiger partial charge in [-0.2, -0.15) is 0 Å². The summed E-state index contributed by atoms with van der Waals surface area (Å²) in [4.78, 5) is 28.7. The summed E-state index contributed by atoms with van der Waals surface area (Å²) in [5.41, 5.74) is 2.95. The number of aryl methyl sites for hydroxylation is 1. The van der Waals surface area contributed by atoms with Crippen LogP contribution in [0.15, 0.2) is 48.5 Å². The zero-order valence-electron chi connectivity index (χ0n) is 31.9. The van der Waals surface area contributed by atoms with Crippen molar-refractivity contribution >= 4 is 28.3 Å². The van der Waals surface area contributed by atoms with Crippen LogP contribution < -0.4 is 5.32 Å². The Morgan fingerprint density at radius 3 is 2.51 bits per heavy atom. The second-order valence-corrected chi connectivity index (χ2v) is 17.5. The molecule has 53 heavy (non-hydrogen) atoms. The smallest absolute Gasteiger partial charge is 0.303 e. The zero-order chi connectivity index (χ0) is 37.9. The summed E-state index contributed by atoms with van der Waals surface area (Å²) in [6.07, 6.45) is 4.66. The first-order valence-electron chi connectivity index (χ1n) is 19.7. The second kappa shape index (κ2) is 14.1. The normalized spacial score (nSPS) is 35.3. The fraction of sp³-hybridized carbons (Fsp3) is 0.578. The highest BCUT2D eigenvalue weighted by molar-refractivity contribution is 6.08. The third kappa shape index (κ3) is 6.57. The van der Waals surface area contributed by atoms with Crippen molar-refractivity contribution in [2.45, 2.75) is 117 Å². The molecule has 8 nitrogen and oxygen atoms in total. The van der Waals surface area contributed by atoms with Crippen molar-refractivity contribution in [3.8, 4) is 11.8 Å². The topological polar surface area (TPSA) is 140 Å². The van der Waals surface area contributed by atoms with Gasteiger partial charge in [-0.15, -0.1) is 0 Å². The molecular formula is C45H56N2O6. The van der Waals surface area contributed by atoms with Gasteiger partial charge in [0.15, 0.2) is 5.78 Å². The third-order valence-electron chi connectivity index (χ3n) is 14.8. The molecule has 0 aliphatic heterocycles. The maximum Gasteiger partial charge on any atom is 0.303 e. The minimum Gasteiger partial charge on any atom is -0.481 e. The lowest BCUT2D eigenvalue weighted by Crippen LogP contribution is -2.63. The predicted octanol–water partition coefficient (Wildman–Crippen LogP) is 7.54. The van der Waals surface area contributed by atoms with Crippen molar-refractivity contribution in [3.05, 3.63) is 70.9 Å². The molecule has 1 aromatic heterocycles. The summed E-state index contributed by atoms with van der Waals surface area (Å²) >= 11 is 0. The van der Waals surface area contributed by atoms with Crippen LogP contribution in [0.25, 0.3) is 10.9 Å². The SMILES string of the molecule is CC(=O)c1c(C)nc2ccccc2c1NCc1ccccc1C#C[C@@]1(O)CC[C@@]2(C)C(C[C@@H](O)C3C2C[C@H](O)[C@@]2(C)C3CC[C@@H]2C(C)CCC(=O)O)C1. The molecule has 282 valence electrons. The van der Waals surface area contributed by atoms with Crippen LogP contribution in [0.2, 0.25) is 0 Å². The van der Waals surface area contributed by atoms with E-state index in [0.29, 0.717) is 49.9 Å². The van der Waals surface area contributed by atoms with E-state index in [1.54, 1.807) is 6.92 Å². The van der Waals surface area contributed by atoms with Gasteiger partial charge in [0.25, 0.3) is 0 Å². The molecule has 0 amide bonds. The minimum absolute atomic E-state index is 0.0474. The number of aliphatic hydroxyl groups is 3. The number of pyridine rings is 1. The van der Waals surface area contributed by atoms with E-state index in [9.17, 15) is 30.0 Å². The Bertz CT molecular complexity index is 1970. The van der Waals surface area contributed by atoms with E-state index in [2.05, 4.69) is 42.9 Å². The number of anilines is 1. The number of carboxylic acid groups (broad SMARTS) is 1. The van der Waals surface area contributed by atoms with Crippen molar-refractivity contribution in [1.29, 1.82) is 0 Å². The molecule has 2 aromatic carbocycles. The van der Waals surface area contributed by atoms with Gasteiger partial charge in [-0.05, 0) is 129 Å². The van der Waals surface area contributed by atoms with Crippen LogP contribution in [-0.4, -0.2) is 55.0 Å². The molecule has 0 spiro atoms. The molecule has 5 unspecified atom stereocenters. The highest BCUT2D eigenvalue weighted by Crippen LogP contribution is 2.69. The lowest BCUT2D eigenvalue weighted by molar-refractivity contribution is -0.211. The number of aliphatic hydroxyl groups excluding tert-OH is 2. The third-order valence-corrected chi connectivity index (χ3v) is 14.8. The Kier molecular flexibility index (Phi) is 10.0. The summed E-state index contributed by atoms with van der Waals surface area (Å²) < 4.78 is 0. The fourth-order valence-corrected chi connectivity index (χ4v) is 11.9. The number of nitrogens with zero attached hydrogens (tertiary/aromatic N) is 1. The van der Waals surface area contributed by atoms with Gasteiger partial charge in [-0.3, -0.25) is 14.6 Å². The molecule has 4 aliphatic carbocycles. The van der Waals surface area contributed by atoms with E-state index < -0.39 is 23.8 Å². The highest BCUT2D eigenvalue weighted by atomic mass is 16.4. The molecule has 3 aromatic rings. The quantitative estimate of drug-likeness (QED) is 0.119. The molecule has 7 rings (SSSR count). The average Bonchev–Trinajstić information content (AvgIpc) is 3.48. The molecule has 4 aliphatic rings. The van der Waals surface area contributed by atoms with Crippen LogP contribution in [0, 0.1) is 65.1 Å². The Labute approximate surface area is 313 Å². The minimum atomic E-state index is -1.20. The number of benzene rings is 2. The fourth-order valence-electron chi connectivity index (χ4n) is 11.9. The van der Waals surface area contributed by atoms with E-state index in [0.717, 1.165) is 47.0 Å². The van der Waals surface area contributed by atoms with Crippen molar-refractivity contribution < 1.29 is 30.0 Å². The summed E-state index contributed by atoms with van der Waals surface area (Å²) in [7, 11) is 0. The van der Waals surface area contributed by atoms with Crippen molar-refractivity contribution in [3.63, 3.8) is 0 Å². The van der Waals surface area contributed by atoms with Crippen LogP contribution in [0.5, 0.6) is 0 Å². The standard InChI is InChI=1S/C45H56N2O6/c1-26(14-17-39(51)52)33-15-16-34-41-35(23-38(50)44(33,34)5)43(4)20-21-45(53,24-31(43)22-37(41)49)19-18-29-10-6-7-11-30(29)25-46-42-32-12-8-9-13-36(32)47-27(2)40(42)28(3)48/h6-13,26,31,33-35,37-38,41,49-50,53H,14-17,20-25H2,1-5H3,(H,46,47)(H,51,52)/t26?,31?,33-,34?,35?,37-,38+,41?,43+,44-,45-/m1/s1. The molecule has 0 bridgehead atoms. The van der Waals surface area contributed by atoms with Crippen LogP contribution in [0.3, 0.4) is 0 Å². The number of ketones is 1. The Balaban J connectivity index is 1.09. The lowest BCUT2D eigenvalue weighted by atomic mass is 9.42. The van der Waals surface area contributed by atoms with Crippen LogP contribution >= 0.6 is 0 Å². The summed E-state index contributed by atoms with van der Waals surface area (Å²) in [5, 5.41) is 49.6. The number of Topliss-reactive ketones (excluding diaryl/α,β-unsaturated/α-hetero) is 1. The Morgan fingerprint density at radius 2 is 1.75 bits per heavy atom. The Morgan fingerprint density at radius 1 is 1.02 bits per heavy atom. The van der Waals surface area contributed by atoms with Gasteiger partial charge < -0.3 is 25.7 Å². The zero-order valence-corrected chi connectivity index (χ0v) is 31.9. The van der Waals surface area contributed by atoms with E-state index in [-0.39, 0.29) is 58.5 Å². The molecular weight excluding hydrogens is 665 g/mol. The molecule has 4 saturated carbocycles. The number of aliphatic carboxylic acids is 1. The van der Waals surface area contributed by atoms with Gasteiger partial charge in [0.1, 0.15) is 5.60 Å². The summed E-state index contributed by atoms with van der Waals surface area (Å²) in [6, 6.07) is 15.7. The van der Waals surface area contributed by atoms with Gasteiger partial charge in [-0.1, -0.05) is 69.0 Å². The van der Waals surface area contributed by atoms with E-state index in [1.165, 1.54) is 0 Å². The number of hydrogen-bond donors (Lipinski definition) is 5. The van der Waals surface area contributed by atoms with Crippen LogP contribution in [0.1, 0.15) is 113 Å². The number of fused-ring (bicyclic) bond motifs is 6. The molecule has 11 atom stereocenters. The van der Waals surface area contributed by atoms with Gasteiger partial charge in [0, 0.05) is 23.9 Å². The molecule has 8 heteroatoms. The van der Waals surface area contributed by atoms with Gasteiger partial charge in [0.05, 0.1) is 34.7 Å². The van der Waals surface area contributed by atoms with E-state index in [1.807, 2.05) is 55.5 Å². The number of aromatic nitrogens is 1. The second-order valence-electron chi connectivity index (χ2n) is 17.5. The number of carbonyl (C=O) groups is 2.